The van der Waals surface area contributed by atoms with Crippen molar-refractivity contribution in [3.63, 3.8) is 0 Å². The summed E-state index contributed by atoms with van der Waals surface area (Å²) in [6, 6.07) is 18.9. The first-order valence-corrected chi connectivity index (χ1v) is 11.6. The van der Waals surface area contributed by atoms with Gasteiger partial charge in [-0.05, 0) is 99.1 Å². The Bertz CT molecular complexity index is 1270. The van der Waals surface area contributed by atoms with Gasteiger partial charge in [0, 0.05) is 23.3 Å². The summed E-state index contributed by atoms with van der Waals surface area (Å²) in [6.45, 7) is 9.25. The highest BCUT2D eigenvalue weighted by atomic mass is 32.1. The first kappa shape index (κ1) is 21.5. The molecule has 0 unspecified atom stereocenters. The van der Waals surface area contributed by atoms with Gasteiger partial charge in [0.05, 0.1) is 30.6 Å². The van der Waals surface area contributed by atoms with Gasteiger partial charge in [0.1, 0.15) is 5.76 Å². The Kier molecular flexibility index (Phi) is 5.54. The Morgan fingerprint density at radius 1 is 1.00 bits per heavy atom. The van der Waals surface area contributed by atoms with Crippen LogP contribution in [-0.2, 0) is 6.54 Å². The summed E-state index contributed by atoms with van der Waals surface area (Å²) in [7, 11) is 0. The number of hydrogen-bond acceptors (Lipinski definition) is 3. The molecule has 0 amide bonds. The summed E-state index contributed by atoms with van der Waals surface area (Å²) < 4.78 is 8.02. The Morgan fingerprint density at radius 3 is 2.45 bits per heavy atom. The van der Waals surface area contributed by atoms with Crippen LogP contribution in [-0.4, -0.2) is 19.6 Å². The number of pyridine rings is 1. The molecule has 168 valence electrons. The van der Waals surface area contributed by atoms with Crippen LogP contribution in [0.15, 0.2) is 71.5 Å². The molecule has 5 rings (SSSR count). The van der Waals surface area contributed by atoms with Crippen molar-refractivity contribution >= 4 is 17.3 Å². The maximum Gasteiger partial charge on any atom is 0.170 e. The molecule has 1 fully saturated rings. The third kappa shape index (κ3) is 3.95. The minimum atomic E-state index is -0.0538. The molecule has 0 bridgehead atoms. The fourth-order valence-electron chi connectivity index (χ4n) is 5.05. The Morgan fingerprint density at radius 2 is 1.79 bits per heavy atom. The largest absolute Gasteiger partial charge is 0.467 e. The summed E-state index contributed by atoms with van der Waals surface area (Å²) >= 11 is 5.82. The van der Waals surface area contributed by atoms with Crippen LogP contribution in [0.2, 0.25) is 0 Å². The quantitative estimate of drug-likeness (QED) is 0.381. The highest BCUT2D eigenvalue weighted by Gasteiger charge is 2.41. The first-order valence-electron chi connectivity index (χ1n) is 11.2. The van der Waals surface area contributed by atoms with Crippen molar-refractivity contribution in [1.82, 2.24) is 19.8 Å². The van der Waals surface area contributed by atoms with Crippen LogP contribution in [0.4, 0.5) is 0 Å². The van der Waals surface area contributed by atoms with Gasteiger partial charge in [0.25, 0.3) is 0 Å². The van der Waals surface area contributed by atoms with Crippen LogP contribution in [0.25, 0.3) is 5.69 Å². The Labute approximate surface area is 200 Å². The summed E-state index contributed by atoms with van der Waals surface area (Å²) in [5.74, 6) is 0.883. The minimum absolute atomic E-state index is 0.0108. The van der Waals surface area contributed by atoms with Crippen LogP contribution >= 0.6 is 12.2 Å². The molecule has 0 radical (unpaired) electrons. The summed E-state index contributed by atoms with van der Waals surface area (Å²) in [5, 5.41) is 4.25. The fourth-order valence-corrected chi connectivity index (χ4v) is 5.35. The predicted molar refractivity (Wildman–Crippen MR) is 134 cm³/mol. The monoisotopic (exact) mass is 456 g/mol. The van der Waals surface area contributed by atoms with E-state index in [1.54, 1.807) is 6.26 Å². The number of furan rings is 1. The number of nitrogens with one attached hydrogen (secondary N) is 1. The third-order valence-corrected chi connectivity index (χ3v) is 6.71. The lowest BCUT2D eigenvalue weighted by molar-refractivity contribution is 0.286. The molecule has 1 aliphatic heterocycles. The van der Waals surface area contributed by atoms with Crippen molar-refractivity contribution < 1.29 is 4.42 Å². The zero-order valence-electron chi connectivity index (χ0n) is 19.4. The van der Waals surface area contributed by atoms with E-state index >= 15 is 0 Å². The van der Waals surface area contributed by atoms with Crippen molar-refractivity contribution in [3.8, 4) is 5.69 Å². The maximum absolute atomic E-state index is 5.82. The lowest BCUT2D eigenvalue weighted by Gasteiger charge is -2.27. The zero-order valence-corrected chi connectivity index (χ0v) is 20.2. The van der Waals surface area contributed by atoms with Gasteiger partial charge in [-0.25, -0.2) is 0 Å². The Balaban J connectivity index is 1.63. The molecule has 1 N–H and O–H groups in total. The predicted octanol–water partition coefficient (Wildman–Crippen LogP) is 5.87. The lowest BCUT2D eigenvalue weighted by Crippen LogP contribution is -2.29. The van der Waals surface area contributed by atoms with E-state index in [9.17, 15) is 0 Å². The normalized spacial score (nSPS) is 18.1. The number of hydrogen-bond donors (Lipinski definition) is 1. The van der Waals surface area contributed by atoms with E-state index in [4.69, 9.17) is 16.6 Å². The zero-order chi connectivity index (χ0) is 23.1. The molecular formula is C27H28N4OS. The van der Waals surface area contributed by atoms with Crippen molar-refractivity contribution in [2.24, 2.45) is 0 Å². The molecular weight excluding hydrogens is 428 g/mol. The number of aromatic nitrogens is 2. The van der Waals surface area contributed by atoms with Crippen LogP contribution in [0, 0.1) is 27.7 Å². The standard InChI is InChI=1S/C27H28N4OS/c1-17-12-18(2)14-21(13-17)31-19(3)15-23(20(31)4)26-25(24-9-5-6-10-28-24)29-27(33)30(26)16-22-8-7-11-32-22/h5-15,25-26H,16H2,1-4H3,(H,29,33)/t25-,26-/m1/s1. The van der Waals surface area contributed by atoms with Crippen molar-refractivity contribution in [2.45, 2.75) is 46.3 Å². The van der Waals surface area contributed by atoms with E-state index in [0.29, 0.717) is 11.7 Å². The van der Waals surface area contributed by atoms with E-state index in [1.165, 1.54) is 33.8 Å². The molecule has 1 aromatic carbocycles. The number of thiocarbonyl (C=S) groups is 1. The van der Waals surface area contributed by atoms with E-state index < -0.39 is 0 Å². The summed E-state index contributed by atoms with van der Waals surface area (Å²) in [4.78, 5) is 6.89. The van der Waals surface area contributed by atoms with Gasteiger partial charge in [0.2, 0.25) is 0 Å². The molecule has 4 heterocycles. The van der Waals surface area contributed by atoms with Gasteiger partial charge in [0.15, 0.2) is 5.11 Å². The number of nitrogens with zero attached hydrogens (tertiary/aromatic N) is 3. The van der Waals surface area contributed by atoms with Crippen LogP contribution in [0.5, 0.6) is 0 Å². The van der Waals surface area contributed by atoms with E-state index in [-0.39, 0.29) is 12.1 Å². The number of rotatable bonds is 5. The van der Waals surface area contributed by atoms with Gasteiger partial charge in [-0.2, -0.15) is 0 Å². The Hall–Kier alpha value is -3.38. The van der Waals surface area contributed by atoms with E-state index in [1.807, 2.05) is 30.5 Å². The molecule has 0 aliphatic carbocycles. The molecule has 1 aliphatic rings. The second kappa shape index (κ2) is 8.52. The van der Waals surface area contributed by atoms with Crippen LogP contribution in [0.3, 0.4) is 0 Å². The summed E-state index contributed by atoms with van der Waals surface area (Å²) in [5.41, 5.74) is 8.32. The number of benzene rings is 1. The average molecular weight is 457 g/mol. The van der Waals surface area contributed by atoms with Gasteiger partial charge in [-0.15, -0.1) is 0 Å². The molecule has 0 spiro atoms. The topological polar surface area (TPSA) is 46.2 Å². The van der Waals surface area contributed by atoms with Gasteiger partial charge >= 0.3 is 0 Å². The van der Waals surface area contributed by atoms with Gasteiger partial charge in [-0.3, -0.25) is 4.98 Å². The fraction of sp³-hybridized carbons (Fsp3) is 0.259. The van der Waals surface area contributed by atoms with Gasteiger partial charge in [-0.1, -0.05) is 12.1 Å². The summed E-state index contributed by atoms with van der Waals surface area (Å²) in [6.07, 6.45) is 3.55. The van der Waals surface area contributed by atoms with Crippen molar-refractivity contribution in [2.75, 3.05) is 0 Å². The molecule has 0 saturated carbocycles. The molecule has 6 heteroatoms. The molecule has 5 nitrogen and oxygen atoms in total. The molecule has 33 heavy (non-hydrogen) atoms. The number of aryl methyl sites for hydroxylation is 3. The minimum Gasteiger partial charge on any atom is -0.467 e. The van der Waals surface area contributed by atoms with E-state index in [0.717, 1.165) is 11.5 Å². The SMILES string of the molecule is Cc1cc(C)cc(-n2c(C)cc([C@@H]3[C@@H](c4ccccn4)NC(=S)N3Cc3ccco3)c2C)c1. The van der Waals surface area contributed by atoms with Crippen molar-refractivity contribution in [3.05, 3.63) is 107 Å². The van der Waals surface area contributed by atoms with Crippen LogP contribution < -0.4 is 5.32 Å². The first-order chi connectivity index (χ1) is 15.9. The highest BCUT2D eigenvalue weighted by Crippen LogP contribution is 2.42. The third-order valence-electron chi connectivity index (χ3n) is 6.36. The molecule has 4 aromatic rings. The lowest BCUT2D eigenvalue weighted by atomic mass is 9.96. The van der Waals surface area contributed by atoms with Gasteiger partial charge < -0.3 is 19.2 Å². The second-order valence-electron chi connectivity index (χ2n) is 8.84. The highest BCUT2D eigenvalue weighted by molar-refractivity contribution is 7.80. The smallest absolute Gasteiger partial charge is 0.170 e. The molecule has 3 aromatic heterocycles. The average Bonchev–Trinajstić information content (AvgIpc) is 3.47. The second-order valence-corrected chi connectivity index (χ2v) is 9.23. The maximum atomic E-state index is 5.82. The van der Waals surface area contributed by atoms with Crippen molar-refractivity contribution in [1.29, 1.82) is 0 Å². The van der Waals surface area contributed by atoms with E-state index in [2.05, 4.69) is 77.8 Å². The van der Waals surface area contributed by atoms with Crippen LogP contribution in [0.1, 0.15) is 51.6 Å². The molecule has 2 atom stereocenters. The molecule has 1 saturated heterocycles.